The van der Waals surface area contributed by atoms with Gasteiger partial charge in [-0.3, -0.25) is 4.79 Å². The van der Waals surface area contributed by atoms with Crippen molar-refractivity contribution in [3.63, 3.8) is 0 Å². The van der Waals surface area contributed by atoms with Gasteiger partial charge in [-0.2, -0.15) is 5.10 Å². The molecule has 0 radical (unpaired) electrons. The fraction of sp³-hybridized carbons (Fsp3) is 0.182. The number of halogens is 2. The highest BCUT2D eigenvalue weighted by Gasteiger charge is 2.32. The van der Waals surface area contributed by atoms with E-state index in [1.807, 2.05) is 49.4 Å². The summed E-state index contributed by atoms with van der Waals surface area (Å²) in [5, 5.41) is 11.5. The zero-order chi connectivity index (χ0) is 21.1. The first-order valence-electron chi connectivity index (χ1n) is 9.47. The molecule has 4 rings (SSSR count). The van der Waals surface area contributed by atoms with Gasteiger partial charge in [0.1, 0.15) is 24.2 Å². The van der Waals surface area contributed by atoms with Crippen molar-refractivity contribution in [1.29, 1.82) is 0 Å². The molecule has 3 aromatic rings. The summed E-state index contributed by atoms with van der Waals surface area (Å²) in [6, 6.07) is 16.3. The maximum Gasteiger partial charge on any atom is 0.251 e. The quantitative estimate of drug-likeness (QED) is 0.544. The lowest BCUT2D eigenvalue weighted by atomic mass is 9.95. The number of amides is 1. The van der Waals surface area contributed by atoms with Crippen LogP contribution in [0.2, 0.25) is 10.0 Å². The smallest absolute Gasteiger partial charge is 0.251 e. The van der Waals surface area contributed by atoms with Crippen LogP contribution in [-0.4, -0.2) is 28.8 Å². The van der Waals surface area contributed by atoms with Crippen molar-refractivity contribution in [2.24, 2.45) is 0 Å². The molecule has 2 aromatic carbocycles. The van der Waals surface area contributed by atoms with Crippen molar-refractivity contribution >= 4 is 34.9 Å². The van der Waals surface area contributed by atoms with Crippen LogP contribution in [0.1, 0.15) is 18.5 Å². The minimum Gasteiger partial charge on any atom is -0.492 e. The first-order valence-corrected chi connectivity index (χ1v) is 10.2. The summed E-state index contributed by atoms with van der Waals surface area (Å²) in [4.78, 5) is 13.1. The van der Waals surface area contributed by atoms with Gasteiger partial charge in [0.15, 0.2) is 0 Å². The molecule has 8 heteroatoms. The Morgan fingerprint density at radius 2 is 1.97 bits per heavy atom. The number of hydrogen-bond acceptors (Lipinski definition) is 4. The molecule has 2 heterocycles. The number of ether oxygens (including phenoxy) is 1. The van der Waals surface area contributed by atoms with Gasteiger partial charge in [0.05, 0.1) is 28.4 Å². The molecule has 1 aliphatic heterocycles. The van der Waals surface area contributed by atoms with Gasteiger partial charge in [-0.05, 0) is 36.8 Å². The third-order valence-electron chi connectivity index (χ3n) is 4.81. The number of hydrogen-bond donors (Lipinski definition) is 2. The summed E-state index contributed by atoms with van der Waals surface area (Å²) in [7, 11) is 0. The highest BCUT2D eigenvalue weighted by molar-refractivity contribution is 6.42. The average molecular weight is 443 g/mol. The summed E-state index contributed by atoms with van der Waals surface area (Å²) in [5.41, 5.74) is 2.13. The van der Waals surface area contributed by atoms with E-state index in [0.29, 0.717) is 28.8 Å². The largest absolute Gasteiger partial charge is 0.492 e. The predicted molar refractivity (Wildman–Crippen MR) is 118 cm³/mol. The Labute approximate surface area is 184 Å². The number of fused-ring (bicyclic) bond motifs is 1. The number of allylic oxidation sites excluding steroid dienone is 1. The molecule has 0 bridgehead atoms. The Bertz CT molecular complexity index is 1100. The van der Waals surface area contributed by atoms with E-state index in [4.69, 9.17) is 27.9 Å². The highest BCUT2D eigenvalue weighted by atomic mass is 35.5. The van der Waals surface area contributed by atoms with Crippen molar-refractivity contribution in [2.75, 3.05) is 18.5 Å². The van der Waals surface area contributed by atoms with Gasteiger partial charge < -0.3 is 15.4 Å². The van der Waals surface area contributed by atoms with Gasteiger partial charge in [-0.15, -0.1) is 0 Å². The van der Waals surface area contributed by atoms with Crippen LogP contribution in [0.4, 0.5) is 5.82 Å². The van der Waals surface area contributed by atoms with E-state index in [9.17, 15) is 4.79 Å². The number of para-hydroxylation sites is 1. The average Bonchev–Trinajstić information content (AvgIpc) is 3.21. The lowest BCUT2D eigenvalue weighted by Gasteiger charge is -2.30. The molecule has 1 aromatic heterocycles. The number of carbonyl (C=O) groups excluding carboxylic acids is 1. The Kier molecular flexibility index (Phi) is 5.97. The minimum atomic E-state index is -0.430. The SMILES string of the molecule is CC1=C(C(=O)NCCOc2ccccc2)C(c2ccc(Cl)c(Cl)c2)n2nccc2N1. The zero-order valence-corrected chi connectivity index (χ0v) is 17.7. The Balaban J connectivity index is 1.54. The second kappa shape index (κ2) is 8.81. The second-order valence-electron chi connectivity index (χ2n) is 6.82. The van der Waals surface area contributed by atoms with Gasteiger partial charge >= 0.3 is 0 Å². The monoisotopic (exact) mass is 442 g/mol. The summed E-state index contributed by atoms with van der Waals surface area (Å²) < 4.78 is 7.42. The van der Waals surface area contributed by atoms with E-state index in [0.717, 1.165) is 22.8 Å². The first kappa shape index (κ1) is 20.3. The molecule has 154 valence electrons. The molecule has 2 N–H and O–H groups in total. The van der Waals surface area contributed by atoms with Crippen LogP contribution in [0.5, 0.6) is 5.75 Å². The van der Waals surface area contributed by atoms with Crippen molar-refractivity contribution < 1.29 is 9.53 Å². The predicted octanol–water partition coefficient (Wildman–Crippen LogP) is 4.67. The van der Waals surface area contributed by atoms with Crippen LogP contribution in [0.25, 0.3) is 0 Å². The summed E-state index contributed by atoms with van der Waals surface area (Å²) in [5.74, 6) is 1.36. The topological polar surface area (TPSA) is 68.2 Å². The fourth-order valence-corrected chi connectivity index (χ4v) is 3.74. The number of benzene rings is 2. The van der Waals surface area contributed by atoms with Crippen molar-refractivity contribution in [1.82, 2.24) is 15.1 Å². The van der Waals surface area contributed by atoms with Crippen LogP contribution in [0, 0.1) is 0 Å². The van der Waals surface area contributed by atoms with Crippen molar-refractivity contribution in [3.8, 4) is 5.75 Å². The van der Waals surface area contributed by atoms with Crippen molar-refractivity contribution in [3.05, 3.63) is 87.7 Å². The van der Waals surface area contributed by atoms with E-state index in [1.54, 1.807) is 23.0 Å². The van der Waals surface area contributed by atoms with Gasteiger partial charge in [-0.25, -0.2) is 4.68 Å². The lowest BCUT2D eigenvalue weighted by molar-refractivity contribution is -0.118. The molecule has 1 unspecified atom stereocenters. The summed E-state index contributed by atoms with van der Waals surface area (Å²) in [6.45, 7) is 2.60. The van der Waals surface area contributed by atoms with Crippen molar-refractivity contribution in [2.45, 2.75) is 13.0 Å². The van der Waals surface area contributed by atoms with Gasteiger partial charge in [0.25, 0.3) is 5.91 Å². The number of rotatable bonds is 6. The van der Waals surface area contributed by atoms with E-state index < -0.39 is 6.04 Å². The molecule has 6 nitrogen and oxygen atoms in total. The zero-order valence-electron chi connectivity index (χ0n) is 16.2. The Morgan fingerprint density at radius 1 is 1.17 bits per heavy atom. The van der Waals surface area contributed by atoms with E-state index in [-0.39, 0.29) is 5.91 Å². The summed E-state index contributed by atoms with van der Waals surface area (Å²) in [6.07, 6.45) is 1.69. The number of anilines is 1. The van der Waals surface area contributed by atoms with Gasteiger partial charge in [-0.1, -0.05) is 47.5 Å². The standard InChI is InChI=1S/C22H20Cl2N4O2/c1-14-20(22(29)25-11-12-30-16-5-3-2-4-6-16)21(28-19(27-14)9-10-26-28)15-7-8-17(23)18(24)13-15/h2-10,13,21,27H,11-12H2,1H3,(H,25,29). The molecule has 0 saturated heterocycles. The lowest BCUT2D eigenvalue weighted by Crippen LogP contribution is -2.36. The molecule has 0 fully saturated rings. The molecule has 1 amide bonds. The molecule has 0 spiro atoms. The molecular formula is C22H20Cl2N4O2. The van der Waals surface area contributed by atoms with Crippen LogP contribution in [-0.2, 0) is 4.79 Å². The number of carbonyl (C=O) groups is 1. The van der Waals surface area contributed by atoms with E-state index in [2.05, 4.69) is 15.7 Å². The normalized spacial score (nSPS) is 15.4. The van der Waals surface area contributed by atoms with Crippen LogP contribution in [0.3, 0.4) is 0 Å². The Hall–Kier alpha value is -2.96. The Morgan fingerprint density at radius 3 is 2.73 bits per heavy atom. The van der Waals surface area contributed by atoms with Crippen LogP contribution < -0.4 is 15.4 Å². The molecule has 0 saturated carbocycles. The molecule has 1 atom stereocenters. The maximum absolute atomic E-state index is 13.1. The third-order valence-corrected chi connectivity index (χ3v) is 5.55. The van der Waals surface area contributed by atoms with Gasteiger partial charge in [0, 0.05) is 11.8 Å². The minimum absolute atomic E-state index is 0.200. The molecular weight excluding hydrogens is 423 g/mol. The fourth-order valence-electron chi connectivity index (χ4n) is 3.44. The van der Waals surface area contributed by atoms with Crippen LogP contribution >= 0.6 is 23.2 Å². The number of nitrogens with one attached hydrogen (secondary N) is 2. The second-order valence-corrected chi connectivity index (χ2v) is 7.63. The third kappa shape index (κ3) is 4.15. The number of nitrogens with zero attached hydrogens (tertiary/aromatic N) is 2. The summed E-state index contributed by atoms with van der Waals surface area (Å²) >= 11 is 12.3. The van der Waals surface area contributed by atoms with E-state index >= 15 is 0 Å². The molecule has 1 aliphatic rings. The molecule has 30 heavy (non-hydrogen) atoms. The maximum atomic E-state index is 13.1. The molecule has 0 aliphatic carbocycles. The van der Waals surface area contributed by atoms with Crippen LogP contribution in [0.15, 0.2) is 72.1 Å². The van der Waals surface area contributed by atoms with E-state index in [1.165, 1.54) is 0 Å². The number of aromatic nitrogens is 2. The first-order chi connectivity index (χ1) is 14.5. The van der Waals surface area contributed by atoms with Gasteiger partial charge in [0.2, 0.25) is 0 Å². The highest BCUT2D eigenvalue weighted by Crippen LogP contribution is 2.37.